The maximum absolute atomic E-state index is 9.97. The topological polar surface area (TPSA) is 91.3 Å². The number of anilines is 3. The smallest absolute Gasteiger partial charge is 0.103 e. The van der Waals surface area contributed by atoms with Crippen molar-refractivity contribution in [3.8, 4) is 6.07 Å². The van der Waals surface area contributed by atoms with E-state index in [9.17, 15) is 5.26 Å². The predicted octanol–water partition coefficient (Wildman–Crippen LogP) is 8.28. The van der Waals surface area contributed by atoms with Crippen LogP contribution in [0.15, 0.2) is 89.9 Å². The Labute approximate surface area is 282 Å². The number of piperidine rings is 1. The van der Waals surface area contributed by atoms with Crippen LogP contribution in [0.1, 0.15) is 51.7 Å². The molecule has 0 amide bonds. The van der Waals surface area contributed by atoms with E-state index >= 15 is 0 Å². The fraction of sp³-hybridized carbons (Fsp3) is 0.333. The molecule has 1 aromatic heterocycles. The zero-order chi connectivity index (χ0) is 33.0. The van der Waals surface area contributed by atoms with Gasteiger partial charge in [-0.3, -0.25) is 14.9 Å². The summed E-state index contributed by atoms with van der Waals surface area (Å²) in [6.07, 6.45) is 11.4. The molecule has 0 bridgehead atoms. The molecule has 1 saturated heterocycles. The summed E-state index contributed by atoms with van der Waals surface area (Å²) in [5, 5.41) is 21.0. The minimum Gasteiger partial charge on any atom is -0.373 e. The Hall–Kier alpha value is -4.00. The van der Waals surface area contributed by atoms with Crippen molar-refractivity contribution in [2.75, 3.05) is 23.7 Å². The number of halogens is 2. The molecule has 0 radical (unpaired) electrons. The molecule has 3 heterocycles. The first kappa shape index (κ1) is 33.4. The van der Waals surface area contributed by atoms with Crippen LogP contribution >= 0.6 is 23.2 Å². The van der Waals surface area contributed by atoms with Crippen molar-refractivity contribution in [2.45, 2.75) is 65.1 Å². The van der Waals surface area contributed by atoms with Gasteiger partial charge in [0.25, 0.3) is 0 Å². The molecule has 10 heteroatoms. The Morgan fingerprint density at radius 1 is 1.15 bits per heavy atom. The number of aryl methyl sites for hydroxylation is 1. The van der Waals surface area contributed by atoms with Gasteiger partial charge in [-0.15, -0.1) is 5.53 Å². The van der Waals surface area contributed by atoms with Crippen LogP contribution in [0.25, 0.3) is 10.9 Å². The summed E-state index contributed by atoms with van der Waals surface area (Å²) in [6, 6.07) is 14.1. The second-order valence-corrected chi connectivity index (χ2v) is 13.6. The molecule has 0 unspecified atom stereocenters. The SMILES string of the molecule is C=C(/C=C\C(Cl)=C/C)[C@H](Nc1cc(Cl)c2ncc(C#N)c(Nc3ccc(C)cc3)c2c1)C1=CN(C2CCN(C(C)(C)C)CC2)NN1. The van der Waals surface area contributed by atoms with Gasteiger partial charge < -0.3 is 16.1 Å². The van der Waals surface area contributed by atoms with Gasteiger partial charge in [0.15, 0.2) is 0 Å². The summed E-state index contributed by atoms with van der Waals surface area (Å²) in [7, 11) is 0. The van der Waals surface area contributed by atoms with Gasteiger partial charge in [0.05, 0.1) is 33.5 Å². The molecule has 0 aliphatic carbocycles. The summed E-state index contributed by atoms with van der Waals surface area (Å²) >= 11 is 13.1. The second-order valence-electron chi connectivity index (χ2n) is 12.8. The van der Waals surface area contributed by atoms with Crippen LogP contribution in [0.4, 0.5) is 17.1 Å². The lowest BCUT2D eigenvalue weighted by Gasteiger charge is -2.42. The molecule has 1 atom stereocenters. The van der Waals surface area contributed by atoms with Crippen LogP contribution < -0.4 is 21.6 Å². The Kier molecular flexibility index (Phi) is 10.3. The molecule has 5 rings (SSSR count). The van der Waals surface area contributed by atoms with E-state index in [4.69, 9.17) is 23.2 Å². The Balaban J connectivity index is 1.48. The van der Waals surface area contributed by atoms with Crippen LogP contribution in [-0.4, -0.2) is 45.6 Å². The van der Waals surface area contributed by atoms with Crippen molar-refractivity contribution in [3.63, 3.8) is 0 Å². The summed E-state index contributed by atoms with van der Waals surface area (Å²) in [5.74, 6) is 0. The van der Waals surface area contributed by atoms with Crippen LogP contribution in [0.3, 0.4) is 0 Å². The number of likely N-dealkylation sites (tertiary alicyclic amines) is 1. The largest absolute Gasteiger partial charge is 0.373 e. The van der Waals surface area contributed by atoms with E-state index in [-0.39, 0.29) is 11.6 Å². The number of hydrogen-bond acceptors (Lipinski definition) is 8. The monoisotopic (exact) mass is 656 g/mol. The highest BCUT2D eigenvalue weighted by atomic mass is 35.5. The minimum atomic E-state index is -0.348. The van der Waals surface area contributed by atoms with E-state index in [1.165, 1.54) is 0 Å². The lowest BCUT2D eigenvalue weighted by Crippen LogP contribution is -2.52. The van der Waals surface area contributed by atoms with E-state index in [2.05, 4.69) is 76.1 Å². The lowest BCUT2D eigenvalue weighted by atomic mass is 9.98. The first-order valence-corrected chi connectivity index (χ1v) is 16.3. The number of hydrogen-bond donors (Lipinski definition) is 4. The fourth-order valence-electron chi connectivity index (χ4n) is 5.76. The number of benzene rings is 2. The first-order valence-electron chi connectivity index (χ1n) is 15.5. The number of rotatable bonds is 9. The van der Waals surface area contributed by atoms with Gasteiger partial charge in [-0.2, -0.15) is 5.26 Å². The zero-order valence-electron chi connectivity index (χ0n) is 27.1. The molecule has 2 aromatic carbocycles. The van der Waals surface area contributed by atoms with Gasteiger partial charge >= 0.3 is 0 Å². The van der Waals surface area contributed by atoms with E-state index in [0.717, 1.165) is 59.5 Å². The van der Waals surface area contributed by atoms with Crippen LogP contribution in [-0.2, 0) is 0 Å². The molecule has 0 spiro atoms. The van der Waals surface area contributed by atoms with Crippen molar-refractivity contribution in [2.24, 2.45) is 0 Å². The van der Waals surface area contributed by atoms with Crippen molar-refractivity contribution < 1.29 is 0 Å². The fourth-order valence-corrected chi connectivity index (χ4v) is 6.09. The van der Waals surface area contributed by atoms with Gasteiger partial charge in [-0.05, 0) is 83.4 Å². The van der Waals surface area contributed by atoms with Crippen molar-refractivity contribution in [1.82, 2.24) is 25.9 Å². The maximum atomic E-state index is 9.97. The molecule has 1 fully saturated rings. The number of nitrogens with one attached hydrogen (secondary N) is 4. The van der Waals surface area contributed by atoms with Crippen molar-refractivity contribution in [1.29, 1.82) is 5.26 Å². The molecule has 3 aromatic rings. The number of aromatic nitrogens is 1. The third kappa shape index (κ3) is 7.68. The number of nitriles is 1. The number of fused-ring (bicyclic) bond motifs is 1. The Bertz CT molecular complexity index is 1720. The van der Waals surface area contributed by atoms with Crippen LogP contribution in [0.5, 0.6) is 0 Å². The first-order chi connectivity index (χ1) is 22.0. The third-order valence-electron chi connectivity index (χ3n) is 8.51. The third-order valence-corrected chi connectivity index (χ3v) is 9.14. The Morgan fingerprint density at radius 3 is 2.52 bits per heavy atom. The molecule has 2 aliphatic rings. The average molecular weight is 658 g/mol. The predicted molar refractivity (Wildman–Crippen MR) is 192 cm³/mol. The van der Waals surface area contributed by atoms with Gasteiger partial charge in [0, 0.05) is 58.9 Å². The van der Waals surface area contributed by atoms with Crippen molar-refractivity contribution >= 4 is 51.2 Å². The lowest BCUT2D eigenvalue weighted by molar-refractivity contribution is 0.0570. The van der Waals surface area contributed by atoms with Gasteiger partial charge in [-0.25, -0.2) is 0 Å². The van der Waals surface area contributed by atoms with E-state index in [1.54, 1.807) is 6.20 Å². The van der Waals surface area contributed by atoms with E-state index in [1.807, 2.05) is 68.5 Å². The molecule has 240 valence electrons. The summed E-state index contributed by atoms with van der Waals surface area (Å²) in [6.45, 7) is 17.2. The Morgan fingerprint density at radius 2 is 1.87 bits per heavy atom. The zero-order valence-corrected chi connectivity index (χ0v) is 28.6. The highest BCUT2D eigenvalue weighted by Crippen LogP contribution is 2.36. The summed E-state index contributed by atoms with van der Waals surface area (Å²) in [5.41, 5.74) is 13.0. The molecular weight excluding hydrogens is 615 g/mol. The molecule has 8 nitrogen and oxygen atoms in total. The summed E-state index contributed by atoms with van der Waals surface area (Å²) in [4.78, 5) is 7.06. The van der Waals surface area contributed by atoms with Gasteiger partial charge in [0.2, 0.25) is 0 Å². The normalized spacial score (nSPS) is 17.1. The number of nitrogens with zero attached hydrogens (tertiary/aromatic N) is 4. The molecule has 2 aliphatic heterocycles. The minimum absolute atomic E-state index is 0.163. The summed E-state index contributed by atoms with van der Waals surface area (Å²) < 4.78 is 0. The number of hydrazine groups is 2. The number of pyridine rings is 1. The van der Waals surface area contributed by atoms with Gasteiger partial charge in [-0.1, -0.05) is 59.6 Å². The van der Waals surface area contributed by atoms with Crippen LogP contribution in [0.2, 0.25) is 5.02 Å². The molecular formula is C36H42Cl2N8. The quantitative estimate of drug-likeness (QED) is 0.171. The molecule has 4 N–H and O–H groups in total. The highest BCUT2D eigenvalue weighted by molar-refractivity contribution is 6.36. The standard InChI is InChI=1S/C36H42Cl2N8/c1-7-26(37)11-10-24(3)33(32-22-46(44-43-32)29-14-16-45(17-15-29)36(4,5)6)42-28-18-30-34(41-27-12-8-23(2)9-13-27)25(20-39)21-40-35(30)31(38)19-28/h7-13,18-19,21-22,29,33,42-44H,3,14-17H2,1-2,4-6H3,(H,40,41)/b11-10-,26-7+/t33-/m0/s1. The van der Waals surface area contributed by atoms with E-state index < -0.39 is 0 Å². The average Bonchev–Trinajstić information content (AvgIpc) is 3.53. The van der Waals surface area contributed by atoms with Gasteiger partial charge in [0.1, 0.15) is 6.07 Å². The molecule has 0 saturated carbocycles. The number of allylic oxidation sites excluding steroid dienone is 3. The van der Waals surface area contributed by atoms with E-state index in [0.29, 0.717) is 32.9 Å². The molecule has 46 heavy (non-hydrogen) atoms. The van der Waals surface area contributed by atoms with Crippen molar-refractivity contribution in [3.05, 3.63) is 106 Å². The second kappa shape index (κ2) is 14.2. The highest BCUT2D eigenvalue weighted by Gasteiger charge is 2.32. The van der Waals surface area contributed by atoms with Crippen LogP contribution in [0, 0.1) is 18.3 Å². The maximum Gasteiger partial charge on any atom is 0.103 e.